The summed E-state index contributed by atoms with van der Waals surface area (Å²) in [5.74, 6) is 0.0473. The second-order valence-electron chi connectivity index (χ2n) is 5.33. The Morgan fingerprint density at radius 3 is 3.00 bits per heavy atom. The first kappa shape index (κ1) is 15.3. The Labute approximate surface area is 120 Å². The van der Waals surface area contributed by atoms with E-state index in [4.69, 9.17) is 9.47 Å². The molecule has 20 heavy (non-hydrogen) atoms. The normalized spacial score (nSPS) is 20.1. The van der Waals surface area contributed by atoms with Crippen molar-refractivity contribution in [3.63, 3.8) is 0 Å². The molecule has 0 bridgehead atoms. The lowest BCUT2D eigenvalue weighted by Crippen LogP contribution is -2.12. The van der Waals surface area contributed by atoms with Crippen molar-refractivity contribution in [3.8, 4) is 5.75 Å². The zero-order chi connectivity index (χ0) is 14.4. The summed E-state index contributed by atoms with van der Waals surface area (Å²) < 4.78 is 25.0. The van der Waals surface area contributed by atoms with Crippen LogP contribution in [0.4, 0.5) is 4.39 Å². The highest BCUT2D eigenvalue weighted by atomic mass is 19.1. The van der Waals surface area contributed by atoms with Crippen LogP contribution in [0.2, 0.25) is 0 Å². The van der Waals surface area contributed by atoms with E-state index < -0.39 is 0 Å². The summed E-state index contributed by atoms with van der Waals surface area (Å²) in [6.45, 7) is 3.42. The van der Waals surface area contributed by atoms with Gasteiger partial charge in [0.15, 0.2) is 11.6 Å². The van der Waals surface area contributed by atoms with Crippen molar-refractivity contribution in [2.45, 2.75) is 44.8 Å². The zero-order valence-electron chi connectivity index (χ0n) is 12.3. The molecule has 1 aromatic rings. The molecule has 1 saturated heterocycles. The largest absolute Gasteiger partial charge is 0.491 e. The smallest absolute Gasteiger partial charge is 0.165 e. The fraction of sp³-hybridized carbons (Fsp3) is 0.625. The predicted molar refractivity (Wildman–Crippen MR) is 77.6 cm³/mol. The number of rotatable bonds is 7. The molecule has 2 unspecified atom stereocenters. The van der Waals surface area contributed by atoms with E-state index in [0.29, 0.717) is 18.5 Å². The van der Waals surface area contributed by atoms with E-state index in [1.807, 2.05) is 20.0 Å². The lowest BCUT2D eigenvalue weighted by Gasteiger charge is -2.13. The molecule has 0 radical (unpaired) electrons. The van der Waals surface area contributed by atoms with Crippen molar-refractivity contribution in [2.75, 3.05) is 20.3 Å². The van der Waals surface area contributed by atoms with Crippen LogP contribution in [0.3, 0.4) is 0 Å². The maximum absolute atomic E-state index is 13.9. The van der Waals surface area contributed by atoms with E-state index >= 15 is 0 Å². The average Bonchev–Trinajstić information content (AvgIpc) is 2.97. The summed E-state index contributed by atoms with van der Waals surface area (Å²) in [5.41, 5.74) is 0.928. The van der Waals surface area contributed by atoms with Gasteiger partial charge in [0.05, 0.1) is 12.7 Å². The molecule has 3 nitrogen and oxygen atoms in total. The highest BCUT2D eigenvalue weighted by molar-refractivity contribution is 5.30. The number of nitrogens with one attached hydrogen (secondary N) is 1. The molecule has 0 saturated carbocycles. The Morgan fingerprint density at radius 1 is 1.50 bits per heavy atom. The molecule has 0 aromatic heterocycles. The van der Waals surface area contributed by atoms with Crippen molar-refractivity contribution in [3.05, 3.63) is 29.6 Å². The van der Waals surface area contributed by atoms with Crippen LogP contribution in [0.25, 0.3) is 0 Å². The first-order valence-electron chi connectivity index (χ1n) is 7.42. The second kappa shape index (κ2) is 7.60. The van der Waals surface area contributed by atoms with E-state index in [9.17, 15) is 4.39 Å². The second-order valence-corrected chi connectivity index (χ2v) is 5.33. The van der Waals surface area contributed by atoms with Gasteiger partial charge < -0.3 is 14.8 Å². The molecule has 1 fully saturated rings. The molecular weight excluding hydrogens is 257 g/mol. The summed E-state index contributed by atoms with van der Waals surface area (Å²) in [4.78, 5) is 0. The predicted octanol–water partition coefficient (Wildman–Crippen LogP) is 3.44. The fourth-order valence-corrected chi connectivity index (χ4v) is 2.44. The number of ether oxygens (including phenoxy) is 2. The summed E-state index contributed by atoms with van der Waals surface area (Å²) in [6, 6.07) is 5.29. The molecule has 1 aliphatic rings. The third-order valence-corrected chi connectivity index (χ3v) is 3.84. The average molecular weight is 281 g/mol. The van der Waals surface area contributed by atoms with Gasteiger partial charge in [-0.2, -0.15) is 0 Å². The van der Waals surface area contributed by atoms with E-state index in [-0.39, 0.29) is 11.9 Å². The Hall–Kier alpha value is -1.13. The summed E-state index contributed by atoms with van der Waals surface area (Å²) in [5, 5.41) is 3.09. The van der Waals surface area contributed by atoms with Crippen LogP contribution in [0.15, 0.2) is 18.2 Å². The Kier molecular flexibility index (Phi) is 5.80. The maximum atomic E-state index is 13.9. The van der Waals surface area contributed by atoms with E-state index in [2.05, 4.69) is 5.32 Å². The third kappa shape index (κ3) is 4.18. The molecule has 1 aromatic carbocycles. The Bertz CT molecular complexity index is 419. The van der Waals surface area contributed by atoms with Gasteiger partial charge in [-0.15, -0.1) is 0 Å². The van der Waals surface area contributed by atoms with Crippen LogP contribution < -0.4 is 10.1 Å². The van der Waals surface area contributed by atoms with Gasteiger partial charge in [-0.3, -0.25) is 0 Å². The topological polar surface area (TPSA) is 30.5 Å². The molecule has 4 heteroatoms. The van der Waals surface area contributed by atoms with Crippen molar-refractivity contribution < 1.29 is 13.9 Å². The number of hydrogen-bond donors (Lipinski definition) is 1. The van der Waals surface area contributed by atoms with Gasteiger partial charge in [-0.05, 0) is 57.4 Å². The van der Waals surface area contributed by atoms with Gasteiger partial charge in [0.25, 0.3) is 0 Å². The van der Waals surface area contributed by atoms with Crippen molar-refractivity contribution in [1.82, 2.24) is 5.32 Å². The molecule has 0 spiro atoms. The molecule has 0 aliphatic carbocycles. The molecule has 0 amide bonds. The molecule has 1 aliphatic heterocycles. The monoisotopic (exact) mass is 281 g/mol. The van der Waals surface area contributed by atoms with Gasteiger partial charge in [0.2, 0.25) is 0 Å². The minimum Gasteiger partial charge on any atom is -0.491 e. The van der Waals surface area contributed by atoms with Gasteiger partial charge in [-0.1, -0.05) is 6.07 Å². The Balaban J connectivity index is 1.77. The lowest BCUT2D eigenvalue weighted by molar-refractivity contribution is 0.0979. The van der Waals surface area contributed by atoms with Crippen molar-refractivity contribution in [2.24, 2.45) is 0 Å². The standard InChI is InChI=1S/C16H24FNO2/c1-12(18-2)13-7-8-16(15(17)11-13)20-10-4-6-14-5-3-9-19-14/h7-8,11-12,14,18H,3-6,9-10H2,1-2H3. The lowest BCUT2D eigenvalue weighted by atomic mass is 10.1. The van der Waals surface area contributed by atoms with Crippen LogP contribution in [0.1, 0.15) is 44.2 Å². The van der Waals surface area contributed by atoms with Crippen LogP contribution in [-0.2, 0) is 4.74 Å². The van der Waals surface area contributed by atoms with Crippen LogP contribution >= 0.6 is 0 Å². The molecule has 2 rings (SSSR count). The maximum Gasteiger partial charge on any atom is 0.165 e. The Morgan fingerprint density at radius 2 is 2.35 bits per heavy atom. The minimum absolute atomic E-state index is 0.137. The summed E-state index contributed by atoms with van der Waals surface area (Å²) in [7, 11) is 1.86. The minimum atomic E-state index is -0.290. The van der Waals surface area contributed by atoms with Crippen molar-refractivity contribution >= 4 is 0 Å². The number of benzene rings is 1. The van der Waals surface area contributed by atoms with Gasteiger partial charge in [-0.25, -0.2) is 4.39 Å². The first-order valence-corrected chi connectivity index (χ1v) is 7.42. The first-order chi connectivity index (χ1) is 9.70. The molecule has 1 heterocycles. The zero-order valence-corrected chi connectivity index (χ0v) is 12.3. The van der Waals surface area contributed by atoms with E-state index in [1.165, 1.54) is 6.07 Å². The van der Waals surface area contributed by atoms with Crippen LogP contribution in [0.5, 0.6) is 5.75 Å². The van der Waals surface area contributed by atoms with Crippen LogP contribution in [0, 0.1) is 5.82 Å². The summed E-state index contributed by atoms with van der Waals surface area (Å²) in [6.07, 6.45) is 4.58. The highest BCUT2D eigenvalue weighted by Gasteiger charge is 2.15. The highest BCUT2D eigenvalue weighted by Crippen LogP contribution is 2.22. The van der Waals surface area contributed by atoms with Crippen LogP contribution in [-0.4, -0.2) is 26.4 Å². The van der Waals surface area contributed by atoms with Gasteiger partial charge >= 0.3 is 0 Å². The molecule has 1 N–H and O–H groups in total. The van der Waals surface area contributed by atoms with E-state index in [1.54, 1.807) is 6.07 Å². The van der Waals surface area contributed by atoms with E-state index in [0.717, 1.165) is 37.9 Å². The quantitative estimate of drug-likeness (QED) is 0.777. The number of halogens is 1. The fourth-order valence-electron chi connectivity index (χ4n) is 2.44. The molecule has 2 atom stereocenters. The third-order valence-electron chi connectivity index (χ3n) is 3.84. The van der Waals surface area contributed by atoms with Crippen molar-refractivity contribution in [1.29, 1.82) is 0 Å². The molecular formula is C16H24FNO2. The van der Waals surface area contributed by atoms with Gasteiger partial charge in [0, 0.05) is 12.6 Å². The molecule has 112 valence electrons. The SMILES string of the molecule is CNC(C)c1ccc(OCCCC2CCCO2)c(F)c1. The summed E-state index contributed by atoms with van der Waals surface area (Å²) >= 11 is 0. The number of hydrogen-bond acceptors (Lipinski definition) is 3. The van der Waals surface area contributed by atoms with Gasteiger partial charge in [0.1, 0.15) is 0 Å².